The molecule has 9 nitrogen and oxygen atoms in total. The van der Waals surface area contributed by atoms with E-state index < -0.39 is 10.0 Å². The number of hydrazone groups is 2. The zero-order valence-electron chi connectivity index (χ0n) is 16.5. The first-order valence-corrected chi connectivity index (χ1v) is 11.9. The Morgan fingerprint density at radius 3 is 2.40 bits per heavy atom. The molecule has 1 aromatic carbocycles. The zero-order valence-corrected chi connectivity index (χ0v) is 18.2. The van der Waals surface area contributed by atoms with Crippen LogP contribution < -0.4 is 16.0 Å². The Morgan fingerprint density at radius 2 is 1.80 bits per heavy atom. The molecule has 0 spiro atoms. The summed E-state index contributed by atoms with van der Waals surface area (Å²) in [5, 5.41) is 15.7. The molecule has 0 atom stereocenters. The number of carbonyl (C=O) groups excluding carboxylic acids is 1. The third-order valence-electron chi connectivity index (χ3n) is 4.52. The summed E-state index contributed by atoms with van der Waals surface area (Å²) in [6, 6.07) is 9.54. The lowest BCUT2D eigenvalue weighted by molar-refractivity contribution is 0.0959. The van der Waals surface area contributed by atoms with Gasteiger partial charge in [-0.25, -0.2) is 19.0 Å². The van der Waals surface area contributed by atoms with Gasteiger partial charge in [-0.05, 0) is 61.9 Å². The van der Waals surface area contributed by atoms with Gasteiger partial charge < -0.3 is 4.90 Å². The van der Waals surface area contributed by atoms with E-state index in [4.69, 9.17) is 5.14 Å². The molecule has 1 saturated heterocycles. The molecule has 0 bridgehead atoms. The van der Waals surface area contributed by atoms with Crippen molar-refractivity contribution in [3.05, 3.63) is 46.7 Å². The molecule has 1 fully saturated rings. The fourth-order valence-electron chi connectivity index (χ4n) is 2.97. The van der Waals surface area contributed by atoms with E-state index in [2.05, 4.69) is 26.0 Å². The van der Waals surface area contributed by atoms with Gasteiger partial charge in [-0.15, -0.1) is 11.3 Å². The Bertz CT molecular complexity index is 1020. The van der Waals surface area contributed by atoms with E-state index >= 15 is 0 Å². The number of likely N-dealkylation sites (tertiary alicyclic amines) is 1. The Balaban J connectivity index is 1.77. The fourth-order valence-corrected chi connectivity index (χ4v) is 4.10. The predicted molar refractivity (Wildman–Crippen MR) is 119 cm³/mol. The van der Waals surface area contributed by atoms with Crippen LogP contribution in [-0.2, 0) is 10.0 Å². The maximum atomic E-state index is 12.2. The van der Waals surface area contributed by atoms with E-state index in [0.717, 1.165) is 32.4 Å². The van der Waals surface area contributed by atoms with Gasteiger partial charge in [0.25, 0.3) is 5.91 Å². The Kier molecular flexibility index (Phi) is 7.19. The number of anilines is 1. The normalized spacial score (nSPS) is 15.7. The van der Waals surface area contributed by atoms with Crippen LogP contribution in [0.5, 0.6) is 0 Å². The molecule has 1 amide bonds. The van der Waals surface area contributed by atoms with Crippen molar-refractivity contribution >= 4 is 44.5 Å². The van der Waals surface area contributed by atoms with Crippen LogP contribution >= 0.6 is 11.3 Å². The lowest BCUT2D eigenvalue weighted by Gasteiger charge is -2.29. The number of nitrogens with two attached hydrogens (primary N) is 1. The Morgan fingerprint density at radius 1 is 1.10 bits per heavy atom. The maximum absolute atomic E-state index is 12.2. The Hall–Kier alpha value is -2.76. The number of carbonyl (C=O) groups is 1. The molecule has 1 aromatic heterocycles. The molecule has 2 heterocycles. The van der Waals surface area contributed by atoms with Crippen LogP contribution in [-0.4, -0.2) is 43.9 Å². The summed E-state index contributed by atoms with van der Waals surface area (Å²) in [4.78, 5) is 14.9. The lowest BCUT2D eigenvalue weighted by Crippen LogP contribution is -2.40. The lowest BCUT2D eigenvalue weighted by atomic mass is 10.1. The molecular weight excluding hydrogens is 424 g/mol. The van der Waals surface area contributed by atoms with E-state index in [1.807, 2.05) is 11.4 Å². The molecule has 0 saturated carbocycles. The molecule has 30 heavy (non-hydrogen) atoms. The number of hydrogen-bond acceptors (Lipinski definition) is 7. The second-order valence-corrected chi connectivity index (χ2v) is 9.29. The number of piperidine rings is 1. The van der Waals surface area contributed by atoms with Crippen molar-refractivity contribution in [2.75, 3.05) is 18.5 Å². The molecule has 0 radical (unpaired) electrons. The second kappa shape index (κ2) is 9.83. The minimum Gasteiger partial charge on any atom is -0.354 e. The first-order chi connectivity index (χ1) is 14.3. The van der Waals surface area contributed by atoms with Gasteiger partial charge in [0.2, 0.25) is 10.0 Å². The summed E-state index contributed by atoms with van der Waals surface area (Å²) < 4.78 is 22.8. The van der Waals surface area contributed by atoms with Crippen molar-refractivity contribution in [3.8, 4) is 0 Å². The first kappa shape index (κ1) is 21.9. The number of nitrogens with one attached hydrogen (secondary N) is 2. The van der Waals surface area contributed by atoms with E-state index in [-0.39, 0.29) is 10.8 Å². The summed E-state index contributed by atoms with van der Waals surface area (Å²) in [5.41, 5.74) is 6.68. The molecule has 4 N–H and O–H groups in total. The first-order valence-electron chi connectivity index (χ1n) is 9.44. The van der Waals surface area contributed by atoms with Crippen molar-refractivity contribution in [2.45, 2.75) is 31.1 Å². The van der Waals surface area contributed by atoms with Gasteiger partial charge in [0.05, 0.1) is 15.5 Å². The smallest absolute Gasteiger partial charge is 0.281 e. The largest absolute Gasteiger partial charge is 0.354 e. The number of thiophene rings is 1. The average molecular weight is 449 g/mol. The Labute approximate surface area is 179 Å². The third kappa shape index (κ3) is 5.88. The number of benzene rings is 1. The number of rotatable bonds is 6. The highest BCUT2D eigenvalue weighted by molar-refractivity contribution is 7.89. The molecule has 1 aliphatic heterocycles. The van der Waals surface area contributed by atoms with Gasteiger partial charge in [-0.3, -0.25) is 10.2 Å². The van der Waals surface area contributed by atoms with Crippen molar-refractivity contribution in [1.29, 1.82) is 0 Å². The second-order valence-electron chi connectivity index (χ2n) is 6.78. The highest BCUT2D eigenvalue weighted by Crippen LogP contribution is 2.14. The van der Waals surface area contributed by atoms with Crippen LogP contribution in [0.3, 0.4) is 0 Å². The van der Waals surface area contributed by atoms with E-state index in [9.17, 15) is 13.2 Å². The van der Waals surface area contributed by atoms with E-state index in [1.54, 1.807) is 25.1 Å². The molecule has 0 unspecified atom stereocenters. The van der Waals surface area contributed by atoms with Gasteiger partial charge in [0.1, 0.15) is 5.71 Å². The number of amidine groups is 1. The van der Waals surface area contributed by atoms with Crippen molar-refractivity contribution < 1.29 is 13.2 Å². The van der Waals surface area contributed by atoms with Crippen LogP contribution in [0, 0.1) is 0 Å². The number of hydrogen-bond donors (Lipinski definition) is 3. The van der Waals surface area contributed by atoms with Crippen molar-refractivity contribution in [2.24, 2.45) is 15.3 Å². The predicted octanol–water partition coefficient (Wildman–Crippen LogP) is 2.41. The summed E-state index contributed by atoms with van der Waals surface area (Å²) in [6.07, 6.45) is 3.27. The monoisotopic (exact) mass is 448 g/mol. The summed E-state index contributed by atoms with van der Waals surface area (Å²) in [6.45, 7) is 3.47. The summed E-state index contributed by atoms with van der Waals surface area (Å²) in [5.74, 6) is 0.352. The molecule has 0 aliphatic carbocycles. The number of sulfonamides is 1. The average Bonchev–Trinajstić information content (AvgIpc) is 3.28. The van der Waals surface area contributed by atoms with Crippen LogP contribution in [0.15, 0.2) is 56.9 Å². The summed E-state index contributed by atoms with van der Waals surface area (Å²) >= 11 is 1.34. The molecule has 2 aromatic rings. The molecule has 11 heteroatoms. The van der Waals surface area contributed by atoms with Gasteiger partial charge in [0.15, 0.2) is 5.84 Å². The number of primary sulfonamides is 1. The van der Waals surface area contributed by atoms with Gasteiger partial charge >= 0.3 is 0 Å². The van der Waals surface area contributed by atoms with Crippen LogP contribution in [0.4, 0.5) is 5.69 Å². The number of nitrogens with zero attached hydrogens (tertiary/aromatic N) is 3. The van der Waals surface area contributed by atoms with Crippen LogP contribution in [0.1, 0.15) is 35.9 Å². The molecular formula is C19H24N6O3S2. The maximum Gasteiger partial charge on any atom is 0.281 e. The minimum atomic E-state index is -3.75. The fraction of sp³-hybridized carbons (Fsp3) is 0.316. The van der Waals surface area contributed by atoms with E-state index in [1.165, 1.54) is 23.5 Å². The van der Waals surface area contributed by atoms with Crippen molar-refractivity contribution in [3.63, 3.8) is 0 Å². The SMILES string of the molecule is CC(=N\NC(=O)c1cccs1)/C(=N/Nc1ccc(S(N)(=O)=O)cc1)N1CCCCC1. The summed E-state index contributed by atoms with van der Waals surface area (Å²) in [7, 11) is -3.75. The van der Waals surface area contributed by atoms with Gasteiger partial charge in [0, 0.05) is 13.1 Å². The minimum absolute atomic E-state index is 0.0299. The molecule has 3 rings (SSSR count). The number of amides is 1. The van der Waals surface area contributed by atoms with Gasteiger partial charge in [-0.1, -0.05) is 6.07 Å². The third-order valence-corrected chi connectivity index (χ3v) is 6.32. The van der Waals surface area contributed by atoms with E-state index in [0.29, 0.717) is 22.1 Å². The van der Waals surface area contributed by atoms with Crippen molar-refractivity contribution in [1.82, 2.24) is 10.3 Å². The topological polar surface area (TPSA) is 129 Å². The highest BCUT2D eigenvalue weighted by atomic mass is 32.2. The quantitative estimate of drug-likeness (QED) is 0.355. The zero-order chi connectivity index (χ0) is 21.6. The van der Waals surface area contributed by atoms with Crippen LogP contribution in [0.2, 0.25) is 0 Å². The van der Waals surface area contributed by atoms with Crippen LogP contribution in [0.25, 0.3) is 0 Å². The molecule has 160 valence electrons. The standard InChI is InChI=1S/C19H24N6O3S2/c1-14(21-24-19(26)17-6-5-13-29-17)18(25-11-3-2-4-12-25)23-22-15-7-9-16(10-8-15)30(20,27)28/h5-10,13,22H,2-4,11-12H2,1H3,(H,24,26)(H2,20,27,28)/b21-14+,23-18-. The van der Waals surface area contributed by atoms with Gasteiger partial charge in [-0.2, -0.15) is 10.2 Å². The molecule has 1 aliphatic rings. The highest BCUT2D eigenvalue weighted by Gasteiger charge is 2.18.